The lowest BCUT2D eigenvalue weighted by Gasteiger charge is -2.49. The third kappa shape index (κ3) is 3.46. The van der Waals surface area contributed by atoms with Crippen LogP contribution in [0.2, 0.25) is 0 Å². The number of carbonyl (C=O) groups excluding carboxylic acids is 1. The van der Waals surface area contributed by atoms with Crippen LogP contribution in [0.3, 0.4) is 0 Å². The monoisotopic (exact) mass is 343 g/mol. The van der Waals surface area contributed by atoms with Gasteiger partial charge in [0.05, 0.1) is 6.61 Å². The molecule has 2 fully saturated rings. The third-order valence-electron chi connectivity index (χ3n) is 6.01. The molecule has 3 aliphatic heterocycles. The van der Waals surface area contributed by atoms with Crippen molar-refractivity contribution in [3.05, 3.63) is 35.4 Å². The lowest BCUT2D eigenvalue weighted by atomic mass is 9.97. The second kappa shape index (κ2) is 7.06. The van der Waals surface area contributed by atoms with Crippen LogP contribution >= 0.6 is 0 Å². The van der Waals surface area contributed by atoms with Crippen molar-refractivity contribution in [3.63, 3.8) is 0 Å². The second-order valence-electron chi connectivity index (χ2n) is 7.84. The third-order valence-corrected chi connectivity index (χ3v) is 6.01. The fourth-order valence-corrected chi connectivity index (χ4v) is 4.19. The van der Waals surface area contributed by atoms with Crippen molar-refractivity contribution < 1.29 is 9.53 Å². The number of benzene rings is 1. The SMILES string of the molecule is CC(C)N1CCN(C2CN(C(=O)C3Cc4ccccc4CO3)C2)CC1. The molecular formula is C20H29N3O2. The zero-order chi connectivity index (χ0) is 17.4. The van der Waals surface area contributed by atoms with E-state index >= 15 is 0 Å². The van der Waals surface area contributed by atoms with E-state index in [1.54, 1.807) is 0 Å². The molecule has 25 heavy (non-hydrogen) atoms. The van der Waals surface area contributed by atoms with E-state index in [-0.39, 0.29) is 12.0 Å². The van der Waals surface area contributed by atoms with E-state index in [4.69, 9.17) is 4.74 Å². The molecule has 0 radical (unpaired) electrons. The molecule has 0 spiro atoms. The maximum Gasteiger partial charge on any atom is 0.252 e. The van der Waals surface area contributed by atoms with Crippen LogP contribution < -0.4 is 0 Å². The largest absolute Gasteiger partial charge is 0.363 e. The summed E-state index contributed by atoms with van der Waals surface area (Å²) in [6.45, 7) is 11.3. The first-order valence-corrected chi connectivity index (χ1v) is 9.57. The van der Waals surface area contributed by atoms with Gasteiger partial charge in [-0.2, -0.15) is 0 Å². The van der Waals surface area contributed by atoms with Gasteiger partial charge in [0.25, 0.3) is 5.91 Å². The van der Waals surface area contributed by atoms with E-state index in [1.807, 2.05) is 17.0 Å². The van der Waals surface area contributed by atoms with Gasteiger partial charge in [0.2, 0.25) is 0 Å². The van der Waals surface area contributed by atoms with Crippen LogP contribution in [0.15, 0.2) is 24.3 Å². The first kappa shape index (κ1) is 17.0. The molecule has 1 atom stereocenters. The van der Waals surface area contributed by atoms with Crippen LogP contribution in [0.25, 0.3) is 0 Å². The summed E-state index contributed by atoms with van der Waals surface area (Å²) in [6.07, 6.45) is 0.414. The molecule has 1 amide bonds. The maximum atomic E-state index is 12.7. The predicted octanol–water partition coefficient (Wildman–Crippen LogP) is 1.36. The summed E-state index contributed by atoms with van der Waals surface area (Å²) in [6, 6.07) is 9.45. The Hall–Kier alpha value is -1.43. The molecule has 1 aromatic carbocycles. The molecule has 0 aromatic heterocycles. The van der Waals surface area contributed by atoms with E-state index in [1.165, 1.54) is 11.1 Å². The van der Waals surface area contributed by atoms with Crippen molar-refractivity contribution in [2.24, 2.45) is 0 Å². The molecule has 1 unspecified atom stereocenters. The molecule has 0 bridgehead atoms. The normalized spacial score (nSPS) is 25.7. The van der Waals surface area contributed by atoms with E-state index in [0.29, 0.717) is 25.1 Å². The molecular weight excluding hydrogens is 314 g/mol. The summed E-state index contributed by atoms with van der Waals surface area (Å²) in [7, 11) is 0. The fraction of sp³-hybridized carbons (Fsp3) is 0.650. The summed E-state index contributed by atoms with van der Waals surface area (Å²) in [5.74, 6) is 0.173. The predicted molar refractivity (Wildman–Crippen MR) is 97.4 cm³/mol. The number of likely N-dealkylation sites (tertiary alicyclic amines) is 1. The van der Waals surface area contributed by atoms with Gasteiger partial charge in [0.1, 0.15) is 6.10 Å². The molecule has 0 N–H and O–H groups in total. The van der Waals surface area contributed by atoms with Gasteiger partial charge in [-0.25, -0.2) is 0 Å². The number of nitrogens with zero attached hydrogens (tertiary/aromatic N) is 3. The van der Waals surface area contributed by atoms with Crippen molar-refractivity contribution >= 4 is 5.91 Å². The summed E-state index contributed by atoms with van der Waals surface area (Å²) < 4.78 is 5.83. The van der Waals surface area contributed by atoms with Crippen LogP contribution in [0, 0.1) is 0 Å². The van der Waals surface area contributed by atoms with Crippen LogP contribution in [0.1, 0.15) is 25.0 Å². The highest BCUT2D eigenvalue weighted by Crippen LogP contribution is 2.24. The molecule has 3 aliphatic rings. The van der Waals surface area contributed by atoms with Gasteiger partial charge in [0, 0.05) is 57.8 Å². The molecule has 5 heteroatoms. The maximum absolute atomic E-state index is 12.7. The van der Waals surface area contributed by atoms with Gasteiger partial charge in [-0.15, -0.1) is 0 Å². The molecule has 4 rings (SSSR count). The quantitative estimate of drug-likeness (QED) is 0.830. The minimum absolute atomic E-state index is 0.173. The number of carbonyl (C=O) groups is 1. The van der Waals surface area contributed by atoms with E-state index in [0.717, 1.165) is 39.3 Å². The van der Waals surface area contributed by atoms with Gasteiger partial charge in [-0.05, 0) is 25.0 Å². The molecule has 3 heterocycles. The summed E-state index contributed by atoms with van der Waals surface area (Å²) in [5.41, 5.74) is 2.48. The summed E-state index contributed by atoms with van der Waals surface area (Å²) in [4.78, 5) is 19.8. The van der Waals surface area contributed by atoms with Crippen molar-refractivity contribution in [2.75, 3.05) is 39.3 Å². The van der Waals surface area contributed by atoms with Crippen molar-refractivity contribution in [1.82, 2.24) is 14.7 Å². The lowest BCUT2D eigenvalue weighted by Crippen LogP contribution is -2.66. The Kier molecular flexibility index (Phi) is 4.80. The zero-order valence-electron chi connectivity index (χ0n) is 15.4. The summed E-state index contributed by atoms with van der Waals surface area (Å²) >= 11 is 0. The lowest BCUT2D eigenvalue weighted by molar-refractivity contribution is -0.153. The molecule has 0 aliphatic carbocycles. The van der Waals surface area contributed by atoms with Crippen molar-refractivity contribution in [2.45, 2.75) is 45.1 Å². The van der Waals surface area contributed by atoms with E-state index in [2.05, 4.69) is 35.8 Å². The first-order chi connectivity index (χ1) is 12.1. The minimum Gasteiger partial charge on any atom is -0.363 e. The summed E-state index contributed by atoms with van der Waals surface area (Å²) in [5, 5.41) is 0. The van der Waals surface area contributed by atoms with E-state index < -0.39 is 0 Å². The van der Waals surface area contributed by atoms with Gasteiger partial charge >= 0.3 is 0 Å². The van der Waals surface area contributed by atoms with Crippen LogP contribution in [-0.2, 0) is 22.6 Å². The van der Waals surface area contributed by atoms with Crippen LogP contribution in [0.4, 0.5) is 0 Å². The Labute approximate surface area is 150 Å². The standard InChI is InChI=1S/C20H29N3O2/c1-15(2)21-7-9-22(10-8-21)18-12-23(13-18)20(24)19-11-16-5-3-4-6-17(16)14-25-19/h3-6,15,18-19H,7-14H2,1-2H3. The highest BCUT2D eigenvalue weighted by molar-refractivity contribution is 5.82. The molecule has 136 valence electrons. The van der Waals surface area contributed by atoms with E-state index in [9.17, 15) is 4.79 Å². The Morgan fingerprint density at radius 3 is 2.44 bits per heavy atom. The number of hydrogen-bond donors (Lipinski definition) is 0. The Morgan fingerprint density at radius 2 is 1.76 bits per heavy atom. The molecule has 5 nitrogen and oxygen atoms in total. The van der Waals surface area contributed by atoms with Crippen LogP contribution in [0.5, 0.6) is 0 Å². The number of piperazine rings is 1. The molecule has 2 saturated heterocycles. The second-order valence-corrected chi connectivity index (χ2v) is 7.84. The Bertz CT molecular complexity index is 619. The van der Waals surface area contributed by atoms with Gasteiger partial charge in [-0.1, -0.05) is 24.3 Å². The average molecular weight is 343 g/mol. The first-order valence-electron chi connectivity index (χ1n) is 9.57. The number of fused-ring (bicyclic) bond motifs is 1. The van der Waals surface area contributed by atoms with Crippen molar-refractivity contribution in [1.29, 1.82) is 0 Å². The Morgan fingerprint density at radius 1 is 1.08 bits per heavy atom. The number of hydrogen-bond acceptors (Lipinski definition) is 4. The fourth-order valence-electron chi connectivity index (χ4n) is 4.19. The zero-order valence-corrected chi connectivity index (χ0v) is 15.4. The number of amides is 1. The average Bonchev–Trinajstić information content (AvgIpc) is 2.60. The van der Waals surface area contributed by atoms with Crippen molar-refractivity contribution in [3.8, 4) is 0 Å². The topological polar surface area (TPSA) is 36.0 Å². The number of ether oxygens (including phenoxy) is 1. The minimum atomic E-state index is -0.298. The highest BCUT2D eigenvalue weighted by atomic mass is 16.5. The molecule has 1 aromatic rings. The smallest absolute Gasteiger partial charge is 0.252 e. The Balaban J connectivity index is 1.26. The number of rotatable bonds is 3. The molecule has 0 saturated carbocycles. The van der Waals surface area contributed by atoms with Crippen LogP contribution in [-0.4, -0.2) is 78.1 Å². The highest BCUT2D eigenvalue weighted by Gasteiger charge is 2.39. The van der Waals surface area contributed by atoms with Gasteiger partial charge in [0.15, 0.2) is 0 Å². The van der Waals surface area contributed by atoms with Gasteiger partial charge in [-0.3, -0.25) is 14.6 Å². The van der Waals surface area contributed by atoms with Gasteiger partial charge < -0.3 is 9.64 Å².